The van der Waals surface area contributed by atoms with Crippen LogP contribution in [0.2, 0.25) is 0 Å². The molecule has 1 aromatic heterocycles. The van der Waals surface area contributed by atoms with Crippen LogP contribution < -0.4 is 5.73 Å². The van der Waals surface area contributed by atoms with Crippen LogP contribution in [0.3, 0.4) is 0 Å². The summed E-state index contributed by atoms with van der Waals surface area (Å²) in [5, 5.41) is 9.43. The molecule has 2 N–H and O–H groups in total. The molecule has 0 saturated carbocycles. The number of hydrogen-bond acceptors (Lipinski definition) is 5. The van der Waals surface area contributed by atoms with Crippen molar-refractivity contribution < 1.29 is 9.53 Å². The molecular weight excluding hydrogens is 288 g/mol. The van der Waals surface area contributed by atoms with Gasteiger partial charge in [-0.25, -0.2) is 0 Å². The first kappa shape index (κ1) is 16.3. The molecule has 0 aliphatic carbocycles. The number of carbonyl (C=O) groups is 1. The minimum absolute atomic E-state index is 0.228. The van der Waals surface area contributed by atoms with E-state index in [1.54, 1.807) is 11.8 Å². The Kier molecular flexibility index (Phi) is 6.05. The van der Waals surface area contributed by atoms with Crippen molar-refractivity contribution in [3.8, 4) is 0 Å². The summed E-state index contributed by atoms with van der Waals surface area (Å²) in [5.74, 6) is 2.12. The second-order valence-corrected chi connectivity index (χ2v) is 6.80. The van der Waals surface area contributed by atoms with E-state index in [1.165, 1.54) is 0 Å². The summed E-state index contributed by atoms with van der Waals surface area (Å²) >= 11 is 1.71. The Bertz CT molecular complexity index is 470. The first-order valence-corrected chi connectivity index (χ1v) is 8.49. The predicted octanol–water partition coefficient (Wildman–Crippen LogP) is 1.62. The van der Waals surface area contributed by atoms with Crippen LogP contribution in [0.4, 0.5) is 0 Å². The summed E-state index contributed by atoms with van der Waals surface area (Å²) in [4.78, 5) is 11.0. The third kappa shape index (κ3) is 5.00. The van der Waals surface area contributed by atoms with Gasteiger partial charge < -0.3 is 15.0 Å². The van der Waals surface area contributed by atoms with Gasteiger partial charge in [0.2, 0.25) is 5.91 Å². The van der Waals surface area contributed by atoms with E-state index in [2.05, 4.69) is 28.6 Å². The molecule has 0 radical (unpaired) electrons. The number of hydrogen-bond donors (Lipinski definition) is 1. The normalized spacial score (nSPS) is 18.5. The lowest BCUT2D eigenvalue weighted by molar-refractivity contribution is -0.118. The molecule has 1 unspecified atom stereocenters. The molecule has 1 aliphatic rings. The second kappa shape index (κ2) is 7.79. The van der Waals surface area contributed by atoms with Gasteiger partial charge in [0, 0.05) is 25.2 Å². The Balaban J connectivity index is 2.08. The highest BCUT2D eigenvalue weighted by atomic mass is 32.2. The van der Waals surface area contributed by atoms with Gasteiger partial charge in [-0.15, -0.1) is 10.2 Å². The van der Waals surface area contributed by atoms with E-state index < -0.39 is 0 Å². The van der Waals surface area contributed by atoms with Crippen LogP contribution in [0, 0.1) is 5.92 Å². The highest BCUT2D eigenvalue weighted by molar-refractivity contribution is 7.99. The quantitative estimate of drug-likeness (QED) is 0.738. The van der Waals surface area contributed by atoms with E-state index in [0.717, 1.165) is 42.7 Å². The molecular formula is C14H24N4O2S. The number of aryl methyl sites for hydroxylation is 1. The van der Waals surface area contributed by atoms with Gasteiger partial charge in [-0.3, -0.25) is 4.79 Å². The standard InChI is InChI=1S/C14H24N4O2S/c1-10(2)9-21-14-17-16-13(6-5-12(15)19)18(14)8-11-4-3-7-20-11/h10-11H,3-9H2,1-2H3,(H2,15,19). The number of ether oxygens (including phenoxy) is 1. The lowest BCUT2D eigenvalue weighted by Gasteiger charge is -2.14. The zero-order chi connectivity index (χ0) is 15.2. The third-order valence-electron chi connectivity index (χ3n) is 3.34. The van der Waals surface area contributed by atoms with Gasteiger partial charge in [-0.05, 0) is 18.8 Å². The van der Waals surface area contributed by atoms with E-state index in [0.29, 0.717) is 18.8 Å². The number of rotatable bonds is 8. The van der Waals surface area contributed by atoms with E-state index in [1.807, 2.05) is 0 Å². The number of aromatic nitrogens is 3. The summed E-state index contributed by atoms with van der Waals surface area (Å²) in [6.45, 7) is 5.96. The van der Waals surface area contributed by atoms with Gasteiger partial charge in [0.15, 0.2) is 5.16 Å². The molecule has 0 bridgehead atoms. The SMILES string of the molecule is CC(C)CSc1nnc(CCC(N)=O)n1CC1CCCO1. The zero-order valence-electron chi connectivity index (χ0n) is 12.7. The van der Waals surface area contributed by atoms with Gasteiger partial charge in [-0.2, -0.15) is 0 Å². The Labute approximate surface area is 129 Å². The van der Waals surface area contributed by atoms with Gasteiger partial charge in [0.1, 0.15) is 5.82 Å². The van der Waals surface area contributed by atoms with Crippen molar-refractivity contribution in [3.05, 3.63) is 5.82 Å². The fourth-order valence-electron chi connectivity index (χ4n) is 2.26. The highest BCUT2D eigenvalue weighted by Gasteiger charge is 2.21. The molecule has 1 saturated heterocycles. The fraction of sp³-hybridized carbons (Fsp3) is 0.786. The summed E-state index contributed by atoms with van der Waals surface area (Å²) < 4.78 is 7.81. The van der Waals surface area contributed by atoms with Crippen LogP contribution >= 0.6 is 11.8 Å². The van der Waals surface area contributed by atoms with Gasteiger partial charge in [0.25, 0.3) is 0 Å². The average Bonchev–Trinajstić information content (AvgIpc) is 3.05. The van der Waals surface area contributed by atoms with Crippen molar-refractivity contribution in [1.82, 2.24) is 14.8 Å². The minimum Gasteiger partial charge on any atom is -0.376 e. The van der Waals surface area contributed by atoms with Gasteiger partial charge in [0.05, 0.1) is 12.6 Å². The molecule has 6 nitrogen and oxygen atoms in total. The van der Waals surface area contributed by atoms with Gasteiger partial charge in [-0.1, -0.05) is 25.6 Å². The van der Waals surface area contributed by atoms with Crippen LogP contribution in [0.5, 0.6) is 0 Å². The van der Waals surface area contributed by atoms with E-state index in [4.69, 9.17) is 10.5 Å². The minimum atomic E-state index is -0.307. The lowest BCUT2D eigenvalue weighted by Crippen LogP contribution is -2.19. The maximum Gasteiger partial charge on any atom is 0.217 e. The van der Waals surface area contributed by atoms with Gasteiger partial charge >= 0.3 is 0 Å². The summed E-state index contributed by atoms with van der Waals surface area (Å²) in [6, 6.07) is 0. The maximum absolute atomic E-state index is 11.0. The molecule has 1 aliphatic heterocycles. The predicted molar refractivity (Wildman–Crippen MR) is 82.1 cm³/mol. The molecule has 118 valence electrons. The molecule has 21 heavy (non-hydrogen) atoms. The number of nitrogens with zero attached hydrogens (tertiary/aromatic N) is 3. The highest BCUT2D eigenvalue weighted by Crippen LogP contribution is 2.23. The molecule has 0 aromatic carbocycles. The van der Waals surface area contributed by atoms with Crippen LogP contribution in [-0.4, -0.2) is 39.1 Å². The van der Waals surface area contributed by atoms with Crippen molar-refractivity contribution in [2.45, 2.75) is 57.3 Å². The van der Waals surface area contributed by atoms with E-state index in [-0.39, 0.29) is 12.0 Å². The Hall–Kier alpha value is -1.08. The van der Waals surface area contributed by atoms with Crippen LogP contribution in [0.15, 0.2) is 5.16 Å². The Morgan fingerprint density at radius 3 is 2.95 bits per heavy atom. The van der Waals surface area contributed by atoms with Crippen molar-refractivity contribution in [3.63, 3.8) is 0 Å². The molecule has 1 fully saturated rings. The van der Waals surface area contributed by atoms with E-state index >= 15 is 0 Å². The van der Waals surface area contributed by atoms with Crippen molar-refractivity contribution in [2.24, 2.45) is 11.7 Å². The number of nitrogens with two attached hydrogens (primary N) is 1. The number of thioether (sulfide) groups is 1. The first-order chi connectivity index (χ1) is 10.1. The molecule has 2 rings (SSSR count). The molecule has 1 aromatic rings. The van der Waals surface area contributed by atoms with Crippen LogP contribution in [0.25, 0.3) is 0 Å². The summed E-state index contributed by atoms with van der Waals surface area (Å²) in [7, 11) is 0. The lowest BCUT2D eigenvalue weighted by atomic mass is 10.2. The maximum atomic E-state index is 11.0. The monoisotopic (exact) mass is 312 g/mol. The molecule has 2 heterocycles. The molecule has 7 heteroatoms. The smallest absolute Gasteiger partial charge is 0.217 e. The topological polar surface area (TPSA) is 83.0 Å². The fourth-order valence-corrected chi connectivity index (χ4v) is 3.18. The van der Waals surface area contributed by atoms with Crippen molar-refractivity contribution in [2.75, 3.05) is 12.4 Å². The summed E-state index contributed by atoms with van der Waals surface area (Å²) in [5.41, 5.74) is 5.23. The largest absolute Gasteiger partial charge is 0.376 e. The van der Waals surface area contributed by atoms with Crippen LogP contribution in [-0.2, 0) is 22.5 Å². The van der Waals surface area contributed by atoms with Crippen LogP contribution in [0.1, 0.15) is 38.9 Å². The average molecular weight is 312 g/mol. The number of primary amides is 1. The summed E-state index contributed by atoms with van der Waals surface area (Å²) in [6.07, 6.45) is 3.25. The zero-order valence-corrected chi connectivity index (χ0v) is 13.6. The third-order valence-corrected chi connectivity index (χ3v) is 4.74. The number of amides is 1. The molecule has 1 atom stereocenters. The first-order valence-electron chi connectivity index (χ1n) is 7.51. The number of carbonyl (C=O) groups excluding carboxylic acids is 1. The molecule has 0 spiro atoms. The van der Waals surface area contributed by atoms with Crippen molar-refractivity contribution >= 4 is 17.7 Å². The van der Waals surface area contributed by atoms with Crippen molar-refractivity contribution in [1.29, 1.82) is 0 Å². The van der Waals surface area contributed by atoms with E-state index in [9.17, 15) is 4.79 Å². The Morgan fingerprint density at radius 1 is 1.52 bits per heavy atom. The Morgan fingerprint density at radius 2 is 2.33 bits per heavy atom. The molecule has 1 amide bonds. The second-order valence-electron chi connectivity index (χ2n) is 5.82.